The number of nitrogens with zero attached hydrogens (tertiary/aromatic N) is 2. The molecule has 3 rings (SSSR count). The highest BCUT2D eigenvalue weighted by Gasteiger charge is 2.42. The highest BCUT2D eigenvalue weighted by molar-refractivity contribution is 5.82. The smallest absolute Gasteiger partial charge is 0.227 e. The van der Waals surface area contributed by atoms with Crippen LogP contribution in [-0.2, 0) is 9.53 Å². The number of carbonyl (C=O) groups excluding carboxylic acids is 1. The zero-order valence-corrected chi connectivity index (χ0v) is 15.2. The highest BCUT2D eigenvalue weighted by Crippen LogP contribution is 2.37. The van der Waals surface area contributed by atoms with Crippen molar-refractivity contribution in [3.05, 3.63) is 11.6 Å². The molecule has 1 aliphatic carbocycles. The van der Waals surface area contributed by atoms with Crippen molar-refractivity contribution >= 4 is 5.91 Å². The fourth-order valence-corrected chi connectivity index (χ4v) is 4.15. The average Bonchev–Trinajstić information content (AvgIpc) is 2.93. The van der Waals surface area contributed by atoms with Crippen molar-refractivity contribution in [2.45, 2.75) is 50.0 Å². The highest BCUT2D eigenvalue weighted by atomic mass is 16.5. The number of carbonyl (C=O) groups is 1. The minimum atomic E-state index is -0.0862. The first-order valence-electron chi connectivity index (χ1n) is 9.20. The van der Waals surface area contributed by atoms with Crippen LogP contribution in [0, 0.1) is 5.92 Å². The number of fused-ring (bicyclic) bond motifs is 1. The number of piperidine rings is 1. The lowest BCUT2D eigenvalue weighted by molar-refractivity contribution is -0.126. The summed E-state index contributed by atoms with van der Waals surface area (Å²) >= 11 is 0. The predicted octanol–water partition coefficient (Wildman–Crippen LogP) is 0.190. The van der Waals surface area contributed by atoms with Crippen LogP contribution in [0.25, 0.3) is 0 Å². The molecule has 0 spiro atoms. The fraction of sp³-hybridized carbons (Fsp3) is 0.833. The molecule has 1 saturated heterocycles. The molecule has 0 aromatic carbocycles. The van der Waals surface area contributed by atoms with Gasteiger partial charge in [0.05, 0.1) is 18.1 Å². The van der Waals surface area contributed by atoms with E-state index in [1.807, 2.05) is 14.1 Å². The first-order chi connectivity index (χ1) is 11.4. The van der Waals surface area contributed by atoms with Gasteiger partial charge in [0, 0.05) is 18.6 Å². The average molecular weight is 336 g/mol. The van der Waals surface area contributed by atoms with Crippen LogP contribution in [0.15, 0.2) is 11.6 Å². The molecule has 0 radical (unpaired) electrons. The van der Waals surface area contributed by atoms with Crippen LogP contribution >= 0.6 is 0 Å². The van der Waals surface area contributed by atoms with Crippen molar-refractivity contribution in [1.29, 1.82) is 0 Å². The molecule has 24 heavy (non-hydrogen) atoms. The summed E-state index contributed by atoms with van der Waals surface area (Å²) in [4.78, 5) is 17.3. The molecular weight excluding hydrogens is 304 g/mol. The number of nitrogens with two attached hydrogens (primary N) is 1. The van der Waals surface area contributed by atoms with E-state index in [0.29, 0.717) is 6.04 Å². The molecule has 1 saturated carbocycles. The van der Waals surface area contributed by atoms with Crippen LogP contribution in [0.1, 0.15) is 25.7 Å². The molecule has 4 atom stereocenters. The van der Waals surface area contributed by atoms with Crippen LogP contribution < -0.4 is 11.1 Å². The topological polar surface area (TPSA) is 70.8 Å². The van der Waals surface area contributed by atoms with Gasteiger partial charge in [0.1, 0.15) is 0 Å². The van der Waals surface area contributed by atoms with Crippen molar-refractivity contribution < 1.29 is 9.53 Å². The Kier molecular flexibility index (Phi) is 5.59. The van der Waals surface area contributed by atoms with Crippen molar-refractivity contribution in [2.24, 2.45) is 11.7 Å². The number of nitrogens with one attached hydrogen (secondary N) is 1. The normalized spacial score (nSPS) is 35.0. The van der Waals surface area contributed by atoms with Gasteiger partial charge in [-0.25, -0.2) is 0 Å². The third-order valence-electron chi connectivity index (χ3n) is 5.53. The van der Waals surface area contributed by atoms with E-state index >= 15 is 0 Å². The molecule has 1 amide bonds. The van der Waals surface area contributed by atoms with Crippen LogP contribution in [0.4, 0.5) is 0 Å². The Morgan fingerprint density at radius 2 is 2.04 bits per heavy atom. The van der Waals surface area contributed by atoms with E-state index in [1.165, 1.54) is 0 Å². The van der Waals surface area contributed by atoms with E-state index in [9.17, 15) is 4.79 Å². The van der Waals surface area contributed by atoms with Gasteiger partial charge in [0.2, 0.25) is 5.91 Å². The predicted molar refractivity (Wildman–Crippen MR) is 94.7 cm³/mol. The van der Waals surface area contributed by atoms with E-state index in [4.69, 9.17) is 10.5 Å². The molecule has 3 N–H and O–H groups in total. The Labute approximate surface area is 145 Å². The molecule has 0 aromatic rings. The Morgan fingerprint density at radius 3 is 2.71 bits per heavy atom. The van der Waals surface area contributed by atoms with Gasteiger partial charge in [-0.05, 0) is 65.5 Å². The standard InChI is InChI=1S/C18H32N4O2/c1-21(2)11-13-10-15-14(4-5-16(19)17(15)24-13)18(23)20-12-6-8-22(3)9-7-12/h10,12-14,16-17H,4-9,11,19H2,1-3H3,(H,20,23). The van der Waals surface area contributed by atoms with Crippen LogP contribution in [-0.4, -0.2) is 80.8 Å². The molecule has 2 aliphatic heterocycles. The summed E-state index contributed by atoms with van der Waals surface area (Å²) < 4.78 is 6.13. The van der Waals surface area contributed by atoms with Crippen molar-refractivity contribution in [3.8, 4) is 0 Å². The third kappa shape index (κ3) is 3.99. The van der Waals surface area contributed by atoms with Crippen LogP contribution in [0.5, 0.6) is 0 Å². The summed E-state index contributed by atoms with van der Waals surface area (Å²) in [6, 6.07) is 0.319. The molecule has 0 aromatic heterocycles. The number of amides is 1. The molecule has 6 nitrogen and oxygen atoms in total. The lowest BCUT2D eigenvalue weighted by Gasteiger charge is -2.35. The van der Waals surface area contributed by atoms with Gasteiger partial charge in [-0.3, -0.25) is 4.79 Å². The van der Waals surface area contributed by atoms with Gasteiger partial charge < -0.3 is 25.6 Å². The summed E-state index contributed by atoms with van der Waals surface area (Å²) in [5, 5.41) is 3.28. The first kappa shape index (κ1) is 17.9. The molecule has 2 heterocycles. The van der Waals surface area contributed by atoms with E-state index in [-0.39, 0.29) is 30.1 Å². The molecule has 6 heteroatoms. The van der Waals surface area contributed by atoms with Crippen molar-refractivity contribution in [2.75, 3.05) is 40.8 Å². The van der Waals surface area contributed by atoms with Gasteiger partial charge in [0.25, 0.3) is 0 Å². The summed E-state index contributed by atoms with van der Waals surface area (Å²) in [6.07, 6.45) is 5.87. The maximum Gasteiger partial charge on any atom is 0.227 e. The lowest BCUT2D eigenvalue weighted by Crippen LogP contribution is -2.49. The molecule has 4 unspecified atom stereocenters. The van der Waals surface area contributed by atoms with Crippen LogP contribution in [0.3, 0.4) is 0 Å². The van der Waals surface area contributed by atoms with Gasteiger partial charge in [0.15, 0.2) is 0 Å². The molecule has 136 valence electrons. The van der Waals surface area contributed by atoms with Crippen molar-refractivity contribution in [3.63, 3.8) is 0 Å². The Morgan fingerprint density at radius 1 is 1.33 bits per heavy atom. The third-order valence-corrected chi connectivity index (χ3v) is 5.53. The van der Waals surface area contributed by atoms with Crippen molar-refractivity contribution in [1.82, 2.24) is 15.1 Å². The first-order valence-corrected chi connectivity index (χ1v) is 9.20. The summed E-state index contributed by atoms with van der Waals surface area (Å²) in [7, 11) is 6.21. The van der Waals surface area contributed by atoms with Gasteiger partial charge >= 0.3 is 0 Å². The monoisotopic (exact) mass is 336 g/mol. The fourth-order valence-electron chi connectivity index (χ4n) is 4.15. The second-order valence-corrected chi connectivity index (χ2v) is 7.90. The maximum atomic E-state index is 12.9. The van der Waals surface area contributed by atoms with E-state index in [0.717, 1.165) is 50.9 Å². The SMILES string of the molecule is CN(C)CC1C=C2C(C(=O)NC3CCN(C)CC3)CCC(N)C2O1. The van der Waals surface area contributed by atoms with Crippen LogP contribution in [0.2, 0.25) is 0 Å². The van der Waals surface area contributed by atoms with E-state index in [2.05, 4.69) is 28.2 Å². The summed E-state index contributed by atoms with van der Waals surface area (Å²) in [5.41, 5.74) is 7.37. The molecule has 0 bridgehead atoms. The Balaban J connectivity index is 1.64. The number of likely N-dealkylation sites (N-methyl/N-ethyl adjacent to an activating group) is 1. The van der Waals surface area contributed by atoms with Gasteiger partial charge in [-0.15, -0.1) is 0 Å². The largest absolute Gasteiger partial charge is 0.364 e. The number of ether oxygens (including phenoxy) is 1. The minimum Gasteiger partial charge on any atom is -0.364 e. The summed E-state index contributed by atoms with van der Waals surface area (Å²) in [5.74, 6) is 0.100. The number of hydrogen-bond donors (Lipinski definition) is 2. The molecule has 3 aliphatic rings. The molecule has 2 fully saturated rings. The zero-order chi connectivity index (χ0) is 17.3. The van der Waals surface area contributed by atoms with E-state index in [1.54, 1.807) is 0 Å². The number of likely N-dealkylation sites (tertiary alicyclic amines) is 1. The second-order valence-electron chi connectivity index (χ2n) is 7.90. The Bertz CT molecular complexity index is 485. The lowest BCUT2D eigenvalue weighted by atomic mass is 9.79. The zero-order valence-electron chi connectivity index (χ0n) is 15.2. The summed E-state index contributed by atoms with van der Waals surface area (Å²) in [6.45, 7) is 2.94. The maximum absolute atomic E-state index is 12.9. The quantitative estimate of drug-likeness (QED) is 0.717. The van der Waals surface area contributed by atoms with Gasteiger partial charge in [-0.2, -0.15) is 0 Å². The number of rotatable bonds is 4. The van der Waals surface area contributed by atoms with Gasteiger partial charge in [-0.1, -0.05) is 6.08 Å². The van der Waals surface area contributed by atoms with E-state index < -0.39 is 0 Å². The minimum absolute atomic E-state index is 0.00999. The molecular formula is C18H32N4O2. The second kappa shape index (κ2) is 7.52. The number of hydrogen-bond acceptors (Lipinski definition) is 5. The Hall–Kier alpha value is -0.950.